The molecular formula is C34H36N6O3. The second-order valence-electron chi connectivity index (χ2n) is 10.8. The molecular weight excluding hydrogens is 540 g/mol. The first kappa shape index (κ1) is 30.9. The highest BCUT2D eigenvalue weighted by Crippen LogP contribution is 2.29. The van der Waals surface area contributed by atoms with E-state index in [2.05, 4.69) is 15.0 Å². The van der Waals surface area contributed by atoms with Crippen molar-refractivity contribution >= 4 is 23.3 Å². The van der Waals surface area contributed by atoms with E-state index in [0.29, 0.717) is 54.0 Å². The van der Waals surface area contributed by atoms with Crippen molar-refractivity contribution in [2.24, 2.45) is 0 Å². The Labute approximate surface area is 252 Å². The summed E-state index contributed by atoms with van der Waals surface area (Å²) in [5, 5.41) is 0. The first-order valence-corrected chi connectivity index (χ1v) is 14.0. The zero-order valence-electron chi connectivity index (χ0n) is 24.9. The van der Waals surface area contributed by atoms with Gasteiger partial charge in [0.05, 0.1) is 11.3 Å². The monoisotopic (exact) mass is 576 g/mol. The maximum absolute atomic E-state index is 12.9. The molecule has 4 rings (SSSR count). The topological polar surface area (TPSA) is 122 Å². The molecule has 0 atom stereocenters. The molecule has 0 spiro atoms. The molecule has 1 amide bonds. The molecule has 0 aliphatic heterocycles. The van der Waals surface area contributed by atoms with Crippen molar-refractivity contribution in [3.8, 4) is 22.4 Å². The lowest BCUT2D eigenvalue weighted by molar-refractivity contribution is -0.114. The zero-order valence-corrected chi connectivity index (χ0v) is 24.9. The second kappa shape index (κ2) is 14.2. The molecule has 0 radical (unpaired) electrons. The third-order valence-electron chi connectivity index (χ3n) is 6.80. The Morgan fingerprint density at radius 2 is 1.58 bits per heavy atom. The van der Waals surface area contributed by atoms with Gasteiger partial charge in [-0.3, -0.25) is 24.4 Å². The van der Waals surface area contributed by atoms with E-state index in [1.807, 2.05) is 55.4 Å². The molecule has 4 aromatic rings. The quantitative estimate of drug-likeness (QED) is 0.193. The number of aromatic nitrogens is 3. The number of pyridine rings is 3. The molecule has 220 valence electrons. The summed E-state index contributed by atoms with van der Waals surface area (Å²) in [6.45, 7) is 0.711. The van der Waals surface area contributed by atoms with Gasteiger partial charge in [-0.2, -0.15) is 0 Å². The number of aryl methyl sites for hydroxylation is 1. The molecule has 0 aliphatic carbocycles. The molecule has 1 aromatic carbocycles. The van der Waals surface area contributed by atoms with Crippen LogP contribution in [0.5, 0.6) is 0 Å². The van der Waals surface area contributed by atoms with Crippen molar-refractivity contribution in [2.45, 2.75) is 19.3 Å². The predicted octanol–water partition coefficient (Wildman–Crippen LogP) is 4.53. The Balaban J connectivity index is 1.40. The summed E-state index contributed by atoms with van der Waals surface area (Å²) in [6, 6.07) is 16.4. The van der Waals surface area contributed by atoms with Crippen LogP contribution in [-0.2, 0) is 17.6 Å². The van der Waals surface area contributed by atoms with Crippen molar-refractivity contribution in [2.75, 3.05) is 40.5 Å². The summed E-state index contributed by atoms with van der Waals surface area (Å²) in [4.78, 5) is 54.0. The van der Waals surface area contributed by atoms with Gasteiger partial charge in [0, 0.05) is 74.5 Å². The van der Waals surface area contributed by atoms with Crippen LogP contribution in [0.1, 0.15) is 38.4 Å². The fourth-order valence-corrected chi connectivity index (χ4v) is 4.42. The number of rotatable bonds is 12. The van der Waals surface area contributed by atoms with Gasteiger partial charge in [-0.25, -0.2) is 4.98 Å². The number of nitrogens with zero attached hydrogens (tertiary/aromatic N) is 5. The maximum atomic E-state index is 12.9. The smallest absolute Gasteiger partial charge is 0.254 e. The number of carbonyl (C=O) groups excluding carboxylic acids is 3. The van der Waals surface area contributed by atoms with Gasteiger partial charge in [0.15, 0.2) is 11.6 Å². The molecule has 3 aromatic heterocycles. The van der Waals surface area contributed by atoms with Crippen LogP contribution in [0.4, 0.5) is 5.82 Å². The van der Waals surface area contributed by atoms with Crippen LogP contribution in [0.2, 0.25) is 0 Å². The van der Waals surface area contributed by atoms with Crippen molar-refractivity contribution in [1.29, 1.82) is 0 Å². The lowest BCUT2D eigenvalue weighted by atomic mass is 10.00. The number of nitrogens with two attached hydrogens (primary N) is 1. The van der Waals surface area contributed by atoms with E-state index in [4.69, 9.17) is 5.73 Å². The number of hydrogen-bond donors (Lipinski definition) is 1. The molecule has 0 fully saturated rings. The molecule has 0 aliphatic rings. The van der Waals surface area contributed by atoms with Crippen molar-refractivity contribution in [3.05, 3.63) is 108 Å². The van der Waals surface area contributed by atoms with Gasteiger partial charge in [-0.15, -0.1) is 0 Å². The summed E-state index contributed by atoms with van der Waals surface area (Å²) >= 11 is 0. The van der Waals surface area contributed by atoms with Crippen LogP contribution in [0.3, 0.4) is 0 Å². The van der Waals surface area contributed by atoms with Crippen LogP contribution < -0.4 is 5.73 Å². The molecule has 0 saturated carbocycles. The Morgan fingerprint density at radius 1 is 0.837 bits per heavy atom. The Bertz CT molecular complexity index is 1630. The number of amides is 1. The maximum Gasteiger partial charge on any atom is 0.254 e. The number of Topliss-reactive ketones (excluding diaryl/α,β-unsaturated/α-hetero) is 1. The lowest BCUT2D eigenvalue weighted by Gasteiger charge is -2.11. The fourth-order valence-electron chi connectivity index (χ4n) is 4.42. The van der Waals surface area contributed by atoms with Crippen LogP contribution in [0, 0.1) is 0 Å². The summed E-state index contributed by atoms with van der Waals surface area (Å²) in [6.07, 6.45) is 9.46. The molecule has 0 unspecified atom stereocenters. The highest BCUT2D eigenvalue weighted by Gasteiger charge is 2.13. The third-order valence-corrected chi connectivity index (χ3v) is 6.80. The summed E-state index contributed by atoms with van der Waals surface area (Å²) < 4.78 is 0. The molecule has 43 heavy (non-hydrogen) atoms. The van der Waals surface area contributed by atoms with E-state index in [9.17, 15) is 14.4 Å². The number of likely N-dealkylation sites (N-methyl/N-ethyl adjacent to an activating group) is 1. The van der Waals surface area contributed by atoms with Crippen LogP contribution >= 0.6 is 0 Å². The van der Waals surface area contributed by atoms with Crippen molar-refractivity contribution < 1.29 is 14.4 Å². The van der Waals surface area contributed by atoms with Crippen LogP contribution in [-0.4, -0.2) is 77.0 Å². The molecule has 3 heterocycles. The minimum absolute atomic E-state index is 0.00895. The van der Waals surface area contributed by atoms with Crippen molar-refractivity contribution in [3.63, 3.8) is 0 Å². The van der Waals surface area contributed by atoms with Gasteiger partial charge in [-0.1, -0.05) is 30.3 Å². The summed E-state index contributed by atoms with van der Waals surface area (Å²) in [5.74, 6) is 0.240. The normalized spacial score (nSPS) is 11.2. The third kappa shape index (κ3) is 8.50. The molecule has 9 nitrogen and oxygen atoms in total. The van der Waals surface area contributed by atoms with Crippen LogP contribution in [0.25, 0.3) is 22.4 Å². The number of allylic oxidation sites excluding steroid dienone is 1. The van der Waals surface area contributed by atoms with Crippen molar-refractivity contribution in [1.82, 2.24) is 24.8 Å². The van der Waals surface area contributed by atoms with Gasteiger partial charge < -0.3 is 15.5 Å². The predicted molar refractivity (Wildman–Crippen MR) is 169 cm³/mol. The highest BCUT2D eigenvalue weighted by atomic mass is 16.2. The Hall–Kier alpha value is -5.02. The second-order valence-corrected chi connectivity index (χ2v) is 10.8. The van der Waals surface area contributed by atoms with Crippen LogP contribution in [0.15, 0.2) is 85.3 Å². The fraction of sp³-hybridized carbons (Fsp3) is 0.235. The van der Waals surface area contributed by atoms with Gasteiger partial charge in [0.2, 0.25) is 0 Å². The Kier molecular flexibility index (Phi) is 10.2. The minimum atomic E-state index is -0.130. The largest absolute Gasteiger partial charge is 0.383 e. The van der Waals surface area contributed by atoms with Gasteiger partial charge in [-0.05, 0) is 68.1 Å². The lowest BCUT2D eigenvalue weighted by Crippen LogP contribution is -2.21. The highest BCUT2D eigenvalue weighted by molar-refractivity contribution is 5.96. The van der Waals surface area contributed by atoms with E-state index in [1.165, 1.54) is 11.1 Å². The standard InChI is InChI=1S/C34H36N6O3/c1-39(2)17-5-6-29(41)18-23-7-9-24(10-8-23)32(42)14-12-28-19-25(15-16-36-28)27-20-30(33(35)38-22-27)31-13-11-26(21-37-31)34(43)40(3)4/h5-11,13,15-16,19-22H,12,14,17-18H2,1-4H3,(H2,35,38)/b6-5+. The first-order valence-electron chi connectivity index (χ1n) is 14.0. The van der Waals surface area contributed by atoms with E-state index < -0.39 is 0 Å². The van der Waals surface area contributed by atoms with E-state index in [0.717, 1.165) is 22.4 Å². The number of benzene rings is 1. The number of carbonyl (C=O) groups is 3. The average Bonchev–Trinajstić information content (AvgIpc) is 3.00. The number of hydrogen-bond acceptors (Lipinski definition) is 8. The van der Waals surface area contributed by atoms with E-state index in [-0.39, 0.29) is 17.5 Å². The number of anilines is 1. The minimum Gasteiger partial charge on any atom is -0.383 e. The average molecular weight is 577 g/mol. The van der Waals surface area contributed by atoms with Gasteiger partial charge in [0.1, 0.15) is 5.82 Å². The SMILES string of the molecule is CN(C)C/C=C/C(=O)Cc1ccc(C(=O)CCc2cc(-c3cnc(N)c(-c4ccc(C(=O)N(C)C)cn4)c3)ccn2)cc1. The van der Waals surface area contributed by atoms with Gasteiger partial charge >= 0.3 is 0 Å². The number of ketones is 2. The zero-order chi connectivity index (χ0) is 30.9. The van der Waals surface area contributed by atoms with E-state index >= 15 is 0 Å². The summed E-state index contributed by atoms with van der Waals surface area (Å²) in [7, 11) is 7.27. The van der Waals surface area contributed by atoms with Gasteiger partial charge in [0.25, 0.3) is 5.91 Å². The molecule has 0 bridgehead atoms. The van der Waals surface area contributed by atoms with E-state index in [1.54, 1.807) is 56.8 Å². The number of nitrogen functional groups attached to an aromatic ring is 1. The summed E-state index contributed by atoms with van der Waals surface area (Å²) in [5.41, 5.74) is 11.9. The molecule has 9 heteroatoms. The first-order chi connectivity index (χ1) is 20.6. The molecule has 0 saturated heterocycles. The molecule has 2 N–H and O–H groups in total. The Morgan fingerprint density at radius 3 is 2.26 bits per heavy atom.